The lowest BCUT2D eigenvalue weighted by atomic mass is 9.76. The highest BCUT2D eigenvalue weighted by Gasteiger charge is 2.47. The molecule has 0 spiro atoms. The van der Waals surface area contributed by atoms with Crippen molar-refractivity contribution in [1.82, 2.24) is 19.9 Å². The van der Waals surface area contributed by atoms with E-state index in [1.54, 1.807) is 24.2 Å². The van der Waals surface area contributed by atoms with E-state index in [0.29, 0.717) is 30.8 Å². The molecule has 1 aromatic carbocycles. The standard InChI is InChI=1S/C24H29N7O2/c1-16(26)27-13-18(12-25)17-4-6-20(7-5-17)24(2,21-8-9-21)23-29-22(33-30-23)19-14-28-31(15-19)10-11-32-3/h4-7,12-15,21H,1,8-11,25-26H2,2-3H3/b18-12+,27-13?. The van der Waals surface area contributed by atoms with Crippen molar-refractivity contribution >= 4 is 11.8 Å². The highest BCUT2D eigenvalue weighted by molar-refractivity contribution is 6.09. The van der Waals surface area contributed by atoms with Gasteiger partial charge in [0.05, 0.1) is 30.3 Å². The molecule has 1 aliphatic rings. The van der Waals surface area contributed by atoms with Crippen molar-refractivity contribution in [3.8, 4) is 11.5 Å². The van der Waals surface area contributed by atoms with Crippen molar-refractivity contribution in [2.45, 2.75) is 31.7 Å². The summed E-state index contributed by atoms with van der Waals surface area (Å²) in [6.45, 7) is 7.00. The van der Waals surface area contributed by atoms with Gasteiger partial charge >= 0.3 is 0 Å². The van der Waals surface area contributed by atoms with E-state index >= 15 is 0 Å². The molecule has 9 heteroatoms. The second-order valence-electron chi connectivity index (χ2n) is 8.33. The predicted molar refractivity (Wildman–Crippen MR) is 127 cm³/mol. The van der Waals surface area contributed by atoms with Crippen LogP contribution in [-0.4, -0.2) is 39.9 Å². The van der Waals surface area contributed by atoms with E-state index in [1.807, 2.05) is 18.3 Å². The first-order valence-electron chi connectivity index (χ1n) is 10.8. The largest absolute Gasteiger partial charge is 0.404 e. The molecule has 1 fully saturated rings. The molecule has 33 heavy (non-hydrogen) atoms. The molecule has 1 unspecified atom stereocenters. The fourth-order valence-corrected chi connectivity index (χ4v) is 3.92. The quantitative estimate of drug-likeness (QED) is 0.457. The van der Waals surface area contributed by atoms with Crippen molar-refractivity contribution in [1.29, 1.82) is 0 Å². The highest BCUT2D eigenvalue weighted by atomic mass is 16.5. The van der Waals surface area contributed by atoms with E-state index in [1.165, 1.54) is 6.20 Å². The van der Waals surface area contributed by atoms with E-state index in [2.05, 4.69) is 40.9 Å². The molecular weight excluding hydrogens is 418 g/mol. The first-order valence-corrected chi connectivity index (χ1v) is 10.8. The number of nitrogens with two attached hydrogens (primary N) is 2. The van der Waals surface area contributed by atoms with Gasteiger partial charge in [-0.05, 0) is 36.8 Å². The SMILES string of the molecule is C=C(N)N=C/C(=C\N)c1ccc(C(C)(c2noc(-c3cnn(CCOC)c3)n2)C2CC2)cc1. The first kappa shape index (κ1) is 22.5. The lowest BCUT2D eigenvalue weighted by Gasteiger charge is -2.27. The minimum atomic E-state index is -0.363. The zero-order chi connectivity index (χ0) is 23.4. The molecule has 0 amide bonds. The second kappa shape index (κ2) is 9.41. The van der Waals surface area contributed by atoms with Crippen LogP contribution in [0.25, 0.3) is 17.0 Å². The molecular formula is C24H29N7O2. The van der Waals surface area contributed by atoms with Gasteiger partial charge in [0, 0.05) is 31.3 Å². The van der Waals surface area contributed by atoms with Crippen LogP contribution in [0.4, 0.5) is 0 Å². The van der Waals surface area contributed by atoms with Gasteiger partial charge in [0.1, 0.15) is 5.82 Å². The molecule has 2 aromatic heterocycles. The summed E-state index contributed by atoms with van der Waals surface area (Å²) in [6, 6.07) is 8.20. The van der Waals surface area contributed by atoms with E-state index in [9.17, 15) is 0 Å². The van der Waals surface area contributed by atoms with Crippen molar-refractivity contribution in [3.63, 3.8) is 0 Å². The van der Waals surface area contributed by atoms with Gasteiger partial charge in [-0.15, -0.1) is 0 Å². The molecule has 172 valence electrons. The lowest BCUT2D eigenvalue weighted by molar-refractivity contribution is 0.183. The Morgan fingerprint density at radius 3 is 2.76 bits per heavy atom. The Balaban J connectivity index is 1.61. The summed E-state index contributed by atoms with van der Waals surface area (Å²) in [4.78, 5) is 8.81. The number of hydrogen-bond acceptors (Lipinski definition) is 8. The summed E-state index contributed by atoms with van der Waals surface area (Å²) in [5.74, 6) is 1.81. The smallest absolute Gasteiger partial charge is 0.261 e. The molecule has 2 heterocycles. The van der Waals surface area contributed by atoms with Crippen LogP contribution in [0.1, 0.15) is 36.7 Å². The molecule has 1 aliphatic carbocycles. The van der Waals surface area contributed by atoms with Gasteiger partial charge in [-0.1, -0.05) is 36.0 Å². The fourth-order valence-electron chi connectivity index (χ4n) is 3.92. The lowest BCUT2D eigenvalue weighted by Crippen LogP contribution is -2.28. The molecule has 4 rings (SSSR count). The average molecular weight is 448 g/mol. The van der Waals surface area contributed by atoms with Crippen molar-refractivity contribution in [2.75, 3.05) is 13.7 Å². The van der Waals surface area contributed by atoms with Crippen LogP contribution in [0.15, 0.2) is 64.8 Å². The van der Waals surface area contributed by atoms with Crippen LogP contribution in [-0.2, 0) is 16.7 Å². The Labute approximate surface area is 192 Å². The first-order chi connectivity index (χ1) is 16.0. The minimum absolute atomic E-state index is 0.226. The van der Waals surface area contributed by atoms with Crippen molar-refractivity contribution in [3.05, 3.63) is 72.2 Å². The summed E-state index contributed by atoms with van der Waals surface area (Å²) in [5, 5.41) is 8.71. The zero-order valence-electron chi connectivity index (χ0n) is 18.9. The number of nitrogens with zero attached hydrogens (tertiary/aromatic N) is 5. The molecule has 1 saturated carbocycles. The summed E-state index contributed by atoms with van der Waals surface area (Å²) < 4.78 is 12.5. The molecule has 0 radical (unpaired) electrons. The van der Waals surface area contributed by atoms with Gasteiger partial charge in [0.2, 0.25) is 0 Å². The number of ether oxygens (including phenoxy) is 1. The molecule has 0 aliphatic heterocycles. The maximum absolute atomic E-state index is 5.78. The van der Waals surface area contributed by atoms with Gasteiger partial charge in [0.15, 0.2) is 5.82 Å². The summed E-state index contributed by atoms with van der Waals surface area (Å²) >= 11 is 0. The number of aromatic nitrogens is 4. The van der Waals surface area contributed by atoms with E-state index in [0.717, 1.165) is 35.1 Å². The molecule has 4 N–H and O–H groups in total. The average Bonchev–Trinajstić information content (AvgIpc) is 3.37. The number of aliphatic imine (C=N–C) groups is 1. The number of benzene rings is 1. The normalized spacial score (nSPS) is 16.2. The summed E-state index contributed by atoms with van der Waals surface area (Å²) in [5.41, 5.74) is 14.5. The summed E-state index contributed by atoms with van der Waals surface area (Å²) in [7, 11) is 1.66. The highest BCUT2D eigenvalue weighted by Crippen LogP contribution is 2.50. The van der Waals surface area contributed by atoms with Gasteiger partial charge in [-0.3, -0.25) is 4.68 Å². The van der Waals surface area contributed by atoms with Crippen LogP contribution in [0, 0.1) is 5.92 Å². The Morgan fingerprint density at radius 2 is 2.12 bits per heavy atom. The van der Waals surface area contributed by atoms with Crippen LogP contribution in [0.2, 0.25) is 0 Å². The van der Waals surface area contributed by atoms with Gasteiger partial charge in [0.25, 0.3) is 5.89 Å². The van der Waals surface area contributed by atoms with E-state index in [4.69, 9.17) is 25.7 Å². The second-order valence-corrected chi connectivity index (χ2v) is 8.33. The van der Waals surface area contributed by atoms with E-state index < -0.39 is 0 Å². The molecule has 9 nitrogen and oxygen atoms in total. The monoisotopic (exact) mass is 447 g/mol. The van der Waals surface area contributed by atoms with Crippen LogP contribution in [0.3, 0.4) is 0 Å². The number of allylic oxidation sites excluding steroid dienone is 1. The van der Waals surface area contributed by atoms with Gasteiger partial charge < -0.3 is 20.7 Å². The van der Waals surface area contributed by atoms with Crippen LogP contribution < -0.4 is 11.5 Å². The van der Waals surface area contributed by atoms with E-state index in [-0.39, 0.29) is 11.2 Å². The molecule has 3 aromatic rings. The molecule has 1 atom stereocenters. The molecule has 0 saturated heterocycles. The van der Waals surface area contributed by atoms with Gasteiger partial charge in [-0.25, -0.2) is 4.99 Å². The maximum Gasteiger partial charge on any atom is 0.261 e. The number of rotatable bonds is 10. The van der Waals surface area contributed by atoms with Crippen molar-refractivity contribution in [2.24, 2.45) is 22.4 Å². The third-order valence-electron chi connectivity index (χ3n) is 6.06. The van der Waals surface area contributed by atoms with Gasteiger partial charge in [-0.2, -0.15) is 10.1 Å². The Morgan fingerprint density at radius 1 is 1.36 bits per heavy atom. The molecule has 0 bridgehead atoms. The van der Waals surface area contributed by atoms with Crippen LogP contribution >= 0.6 is 0 Å². The third kappa shape index (κ3) is 4.73. The Kier molecular flexibility index (Phi) is 6.41. The van der Waals surface area contributed by atoms with Crippen LogP contribution in [0.5, 0.6) is 0 Å². The predicted octanol–water partition coefficient (Wildman–Crippen LogP) is 3.10. The Hall–Kier alpha value is -3.72. The summed E-state index contributed by atoms with van der Waals surface area (Å²) in [6.07, 6.45) is 8.97. The topological polar surface area (TPSA) is 130 Å². The third-order valence-corrected chi connectivity index (χ3v) is 6.06. The number of methoxy groups -OCH3 is 1. The Bertz CT molecular complexity index is 1170. The zero-order valence-corrected chi connectivity index (χ0v) is 18.9. The fraction of sp³-hybridized carbons (Fsp3) is 0.333. The maximum atomic E-state index is 5.78. The number of hydrogen-bond donors (Lipinski definition) is 2. The van der Waals surface area contributed by atoms with Crippen molar-refractivity contribution < 1.29 is 9.26 Å². The minimum Gasteiger partial charge on any atom is -0.404 e.